The van der Waals surface area contributed by atoms with Crippen LogP contribution in [0, 0.1) is 0 Å². The summed E-state index contributed by atoms with van der Waals surface area (Å²) in [5.41, 5.74) is 0. The second-order valence-electron chi connectivity index (χ2n) is 4.94. The van der Waals surface area contributed by atoms with Crippen LogP contribution >= 0.6 is 23.8 Å². The average Bonchev–Trinajstić information content (AvgIpc) is 2.61. The smallest absolute Gasteiger partial charge is 0.186 e. The molecule has 2 nitrogen and oxygen atoms in total. The molecule has 6 heteroatoms. The molecule has 0 aromatic carbocycles. The predicted molar refractivity (Wildman–Crippen MR) is 121 cm³/mol. The molecule has 0 saturated heterocycles. The number of carbonyl (C=O) groups excluding carboxylic acids is 2. The normalized spacial score (nSPS) is 8.96. The summed E-state index contributed by atoms with van der Waals surface area (Å²) in [6.45, 7) is 20.6. The van der Waals surface area contributed by atoms with E-state index in [0.29, 0.717) is 23.8 Å². The largest absolute Gasteiger partial charge is 0.373 e. The molecule has 0 rings (SSSR count). The van der Waals surface area contributed by atoms with Crippen LogP contribution in [-0.4, -0.2) is 61.6 Å². The van der Waals surface area contributed by atoms with E-state index in [1.54, 1.807) is 0 Å². The van der Waals surface area contributed by atoms with E-state index in [1.807, 2.05) is 0 Å². The Kier molecular flexibility index (Phi) is 53.5. The van der Waals surface area contributed by atoms with Gasteiger partial charge in [0.1, 0.15) is 0 Å². The van der Waals surface area contributed by atoms with Crippen LogP contribution in [0.3, 0.4) is 0 Å². The van der Waals surface area contributed by atoms with Crippen LogP contribution in [0.15, 0.2) is 0 Å². The van der Waals surface area contributed by atoms with Gasteiger partial charge < -0.3 is 0 Å². The van der Waals surface area contributed by atoms with Gasteiger partial charge in [-0.25, -0.2) is 0 Å². The van der Waals surface area contributed by atoms with Crippen molar-refractivity contribution in [1.82, 2.24) is 0 Å². The van der Waals surface area contributed by atoms with E-state index in [4.69, 9.17) is 9.59 Å². The molecule has 0 bridgehead atoms. The van der Waals surface area contributed by atoms with Gasteiger partial charge in [-0.3, -0.25) is 0 Å². The summed E-state index contributed by atoms with van der Waals surface area (Å²) in [5.74, 6) is 0. The molecule has 0 fully saturated rings. The predicted octanol–water partition coefficient (Wildman–Crippen LogP) is 7.00. The summed E-state index contributed by atoms with van der Waals surface area (Å²) in [6, 6.07) is 0. The van der Waals surface area contributed by atoms with Crippen molar-refractivity contribution in [2.24, 2.45) is 0 Å². The van der Waals surface area contributed by atoms with Gasteiger partial charge in [-0.2, -0.15) is 9.59 Å². The molecule has 0 saturated carbocycles. The van der Waals surface area contributed by atoms with Crippen molar-refractivity contribution < 1.29 is 26.1 Å². The topological polar surface area (TPSA) is 34.1 Å². The van der Waals surface area contributed by atoms with Crippen LogP contribution in [0.2, 0.25) is 0 Å². The van der Waals surface area contributed by atoms with Gasteiger partial charge in [0.05, 0.1) is 0 Å². The SMILES string of the molecule is CCP(CC)CC.CCP(CC)CC.CCP(CC)CC.O=C=O.[Ni]. The molecular formula is C19H45NiO2P3. The fraction of sp³-hybridized carbons (Fsp3) is 0.947. The zero-order valence-electron chi connectivity index (χ0n) is 18.3. The van der Waals surface area contributed by atoms with Crippen LogP contribution < -0.4 is 0 Å². The third-order valence-corrected chi connectivity index (χ3v) is 12.1. The Hall–Kier alpha value is 1.16. The van der Waals surface area contributed by atoms with E-state index in [9.17, 15) is 0 Å². The third kappa shape index (κ3) is 36.8. The van der Waals surface area contributed by atoms with Crippen molar-refractivity contribution in [2.45, 2.75) is 62.3 Å². The standard InChI is InChI=1S/3C6H15P.CO2.Ni/c3*1-4-7(5-2)6-3;2-1-3;/h3*4-6H2,1-3H3;;. The van der Waals surface area contributed by atoms with Crippen LogP contribution in [0.5, 0.6) is 0 Å². The summed E-state index contributed by atoms with van der Waals surface area (Å²) >= 11 is 0. The van der Waals surface area contributed by atoms with Crippen molar-refractivity contribution in [3.8, 4) is 0 Å². The minimum Gasteiger partial charge on any atom is -0.186 e. The van der Waals surface area contributed by atoms with E-state index in [0.717, 1.165) is 0 Å². The fourth-order valence-corrected chi connectivity index (χ4v) is 6.04. The Morgan fingerprint density at radius 2 is 0.520 bits per heavy atom. The van der Waals surface area contributed by atoms with Gasteiger partial charge in [0, 0.05) is 16.5 Å². The quantitative estimate of drug-likeness (QED) is 0.276. The fourth-order valence-electron chi connectivity index (χ4n) is 2.01. The van der Waals surface area contributed by atoms with Crippen molar-refractivity contribution in [1.29, 1.82) is 0 Å². The van der Waals surface area contributed by atoms with Gasteiger partial charge in [-0.1, -0.05) is 62.3 Å². The monoisotopic (exact) mass is 456 g/mol. The summed E-state index contributed by atoms with van der Waals surface area (Å²) in [7, 11) is 1.34. The van der Waals surface area contributed by atoms with Crippen LogP contribution in [-0.2, 0) is 26.1 Å². The molecular weight excluding hydrogens is 412 g/mol. The minimum atomic E-state index is 0. The van der Waals surface area contributed by atoms with E-state index >= 15 is 0 Å². The molecule has 0 atom stereocenters. The third-order valence-electron chi connectivity index (χ3n) is 4.02. The average molecular weight is 457 g/mol. The van der Waals surface area contributed by atoms with E-state index in [-0.39, 0.29) is 22.6 Å². The molecule has 0 radical (unpaired) electrons. The molecule has 0 aromatic heterocycles. The summed E-state index contributed by atoms with van der Waals surface area (Å²) in [6.07, 6.45) is 13.0. The second-order valence-corrected chi connectivity index (χ2v) is 14.7. The zero-order chi connectivity index (χ0) is 19.8. The van der Waals surface area contributed by atoms with Gasteiger partial charge in [0.25, 0.3) is 0 Å². The maximum Gasteiger partial charge on any atom is 0.373 e. The second kappa shape index (κ2) is 36.1. The number of rotatable bonds is 9. The minimum absolute atomic E-state index is 0. The van der Waals surface area contributed by atoms with Gasteiger partial charge in [0.2, 0.25) is 0 Å². The molecule has 0 spiro atoms. The Morgan fingerprint density at radius 3 is 0.520 bits per heavy atom. The first-order valence-electron chi connectivity index (χ1n) is 9.62. The van der Waals surface area contributed by atoms with Crippen molar-refractivity contribution >= 4 is 29.9 Å². The molecule has 0 aliphatic carbocycles. The Labute approximate surface area is 173 Å². The Balaban J connectivity index is -0.0000000727. The summed E-state index contributed by atoms with van der Waals surface area (Å²) in [4.78, 5) is 16.2. The molecule has 0 heterocycles. The maximum atomic E-state index is 8.12. The first-order valence-corrected chi connectivity index (χ1v) is 15.3. The van der Waals surface area contributed by atoms with E-state index in [2.05, 4.69) is 62.3 Å². The van der Waals surface area contributed by atoms with Gasteiger partial charge >= 0.3 is 6.15 Å². The molecule has 0 aromatic rings. The molecule has 0 amide bonds. The zero-order valence-corrected chi connectivity index (χ0v) is 22.0. The van der Waals surface area contributed by atoms with Gasteiger partial charge in [0.15, 0.2) is 0 Å². The Bertz CT molecular complexity index is 182. The Morgan fingerprint density at radius 1 is 0.440 bits per heavy atom. The van der Waals surface area contributed by atoms with E-state index in [1.165, 1.54) is 55.5 Å². The van der Waals surface area contributed by atoms with Gasteiger partial charge in [-0.15, -0.1) is 23.8 Å². The summed E-state index contributed by atoms with van der Waals surface area (Å²) < 4.78 is 0. The van der Waals surface area contributed by atoms with Crippen molar-refractivity contribution in [2.75, 3.05) is 55.5 Å². The van der Waals surface area contributed by atoms with Crippen molar-refractivity contribution in [3.05, 3.63) is 0 Å². The van der Waals surface area contributed by atoms with Crippen molar-refractivity contribution in [3.63, 3.8) is 0 Å². The maximum absolute atomic E-state index is 8.12. The van der Waals surface area contributed by atoms with Gasteiger partial charge in [-0.05, 0) is 55.5 Å². The molecule has 158 valence electrons. The van der Waals surface area contributed by atoms with Crippen LogP contribution in [0.4, 0.5) is 0 Å². The summed E-state index contributed by atoms with van der Waals surface area (Å²) in [5, 5.41) is 0. The van der Waals surface area contributed by atoms with Crippen LogP contribution in [0.25, 0.3) is 0 Å². The van der Waals surface area contributed by atoms with E-state index < -0.39 is 0 Å². The van der Waals surface area contributed by atoms with Crippen LogP contribution in [0.1, 0.15) is 62.3 Å². The molecule has 0 aliphatic rings. The molecule has 0 unspecified atom stereocenters. The first kappa shape index (κ1) is 37.0. The first-order chi connectivity index (χ1) is 11.5. The number of hydrogen-bond donors (Lipinski definition) is 0. The number of hydrogen-bond acceptors (Lipinski definition) is 2. The molecule has 0 aliphatic heterocycles. The molecule has 25 heavy (non-hydrogen) atoms. The molecule has 0 N–H and O–H groups in total.